The van der Waals surface area contributed by atoms with Crippen molar-refractivity contribution in [1.29, 1.82) is 5.26 Å². The fourth-order valence-corrected chi connectivity index (χ4v) is 3.23. The Morgan fingerprint density at radius 1 is 1.16 bits per heavy atom. The summed E-state index contributed by atoms with van der Waals surface area (Å²) in [5.41, 5.74) is 6.84. The van der Waals surface area contributed by atoms with Gasteiger partial charge in [0.25, 0.3) is 0 Å². The normalized spacial score (nSPS) is 14.9. The number of hydrogen-bond acceptors (Lipinski definition) is 7. The van der Waals surface area contributed by atoms with Crippen molar-refractivity contribution >= 4 is 5.97 Å². The molecule has 2 aromatic carbocycles. The van der Waals surface area contributed by atoms with Gasteiger partial charge in [-0.1, -0.05) is 6.07 Å². The molecule has 0 bridgehead atoms. The summed E-state index contributed by atoms with van der Waals surface area (Å²) in [7, 11) is 0. The lowest BCUT2D eigenvalue weighted by Gasteiger charge is -2.25. The first kappa shape index (κ1) is 20.0. The predicted molar refractivity (Wildman–Crippen MR) is 107 cm³/mol. The van der Waals surface area contributed by atoms with Gasteiger partial charge in [-0.15, -0.1) is 0 Å². The summed E-state index contributed by atoms with van der Waals surface area (Å²) in [6.45, 7) is 1.44. The molecule has 156 valence electrons. The Labute approximate surface area is 177 Å². The van der Waals surface area contributed by atoms with Gasteiger partial charge in [0.1, 0.15) is 46.2 Å². The van der Waals surface area contributed by atoms with Crippen LogP contribution in [-0.2, 0) is 4.79 Å². The third kappa shape index (κ3) is 4.21. The largest absolute Gasteiger partial charge is 0.482 e. The molecule has 2 N–H and O–H groups in total. The molecule has 1 aromatic heterocycles. The smallest absolute Gasteiger partial charge is 0.349 e. The summed E-state index contributed by atoms with van der Waals surface area (Å²) < 4.78 is 34.8. The summed E-state index contributed by atoms with van der Waals surface area (Å²) in [6.07, 6.45) is 0. The number of fused-ring (bicyclic) bond motifs is 1. The highest BCUT2D eigenvalue weighted by Crippen LogP contribution is 2.43. The lowest BCUT2D eigenvalue weighted by molar-refractivity contribution is -0.136. The van der Waals surface area contributed by atoms with Gasteiger partial charge < -0.3 is 24.4 Å². The minimum Gasteiger partial charge on any atom is -0.482 e. The Morgan fingerprint density at radius 2 is 1.90 bits per heavy atom. The van der Waals surface area contributed by atoms with Crippen molar-refractivity contribution in [2.45, 2.75) is 12.8 Å². The quantitative estimate of drug-likeness (QED) is 0.492. The second-order valence-electron chi connectivity index (χ2n) is 6.79. The molecule has 0 fully saturated rings. The zero-order chi connectivity index (χ0) is 22.0. The van der Waals surface area contributed by atoms with Gasteiger partial charge in [-0.05, 0) is 49.4 Å². The summed E-state index contributed by atoms with van der Waals surface area (Å²) in [4.78, 5) is 12.1. The van der Waals surface area contributed by atoms with Gasteiger partial charge in [-0.3, -0.25) is 0 Å². The maximum Gasteiger partial charge on any atom is 0.349 e. The summed E-state index contributed by atoms with van der Waals surface area (Å²) >= 11 is 0. The van der Waals surface area contributed by atoms with E-state index in [4.69, 9.17) is 24.4 Å². The minimum absolute atomic E-state index is 0.0443. The van der Waals surface area contributed by atoms with E-state index in [0.717, 1.165) is 0 Å². The molecule has 4 rings (SSSR count). The van der Waals surface area contributed by atoms with Crippen molar-refractivity contribution in [2.75, 3.05) is 6.61 Å². The number of nitrogens with two attached hydrogens (primary N) is 1. The van der Waals surface area contributed by atoms with E-state index in [9.17, 15) is 14.4 Å². The number of carbonyl (C=O) groups excluding carboxylic acids is 1. The zero-order valence-corrected chi connectivity index (χ0v) is 16.4. The number of ether oxygens (including phenoxy) is 3. The van der Waals surface area contributed by atoms with Crippen molar-refractivity contribution in [3.63, 3.8) is 0 Å². The summed E-state index contributed by atoms with van der Waals surface area (Å²) in [6, 6.07) is 15.7. The van der Waals surface area contributed by atoms with E-state index in [1.54, 1.807) is 31.2 Å². The lowest BCUT2D eigenvalue weighted by atomic mass is 9.87. The topological polar surface area (TPSA) is 108 Å². The van der Waals surface area contributed by atoms with Crippen molar-refractivity contribution in [1.82, 2.24) is 0 Å². The lowest BCUT2D eigenvalue weighted by Crippen LogP contribution is -2.21. The standard InChI is InChI=1S/C23H17FN2O5/c1-13-2-9-19(29-13)22-17-8-7-16(10-20(17)31-23(26)18(22)11-25)30-21(27)12-28-15-5-3-14(24)4-6-15/h2-10,22H,12,26H2,1H3. The Hall–Kier alpha value is -4.25. The van der Waals surface area contributed by atoms with E-state index in [2.05, 4.69) is 6.07 Å². The maximum atomic E-state index is 12.9. The van der Waals surface area contributed by atoms with E-state index in [1.807, 2.05) is 0 Å². The van der Waals surface area contributed by atoms with Gasteiger partial charge in [0, 0.05) is 11.6 Å². The van der Waals surface area contributed by atoms with E-state index in [1.165, 1.54) is 30.3 Å². The van der Waals surface area contributed by atoms with E-state index < -0.39 is 17.7 Å². The Balaban J connectivity index is 1.52. The molecule has 1 aliphatic heterocycles. The SMILES string of the molecule is Cc1ccc(C2C(C#N)=C(N)Oc3cc(OC(=O)COc4ccc(F)cc4)ccc32)o1. The van der Waals surface area contributed by atoms with Crippen LogP contribution in [0.5, 0.6) is 17.2 Å². The second-order valence-corrected chi connectivity index (χ2v) is 6.79. The molecule has 31 heavy (non-hydrogen) atoms. The number of carbonyl (C=O) groups is 1. The van der Waals surface area contributed by atoms with Gasteiger partial charge >= 0.3 is 5.97 Å². The van der Waals surface area contributed by atoms with Gasteiger partial charge in [-0.25, -0.2) is 9.18 Å². The zero-order valence-electron chi connectivity index (χ0n) is 16.4. The van der Waals surface area contributed by atoms with Crippen LogP contribution in [0.15, 0.2) is 70.5 Å². The highest BCUT2D eigenvalue weighted by atomic mass is 19.1. The average molecular weight is 420 g/mol. The third-order valence-corrected chi connectivity index (χ3v) is 4.64. The third-order valence-electron chi connectivity index (χ3n) is 4.64. The van der Waals surface area contributed by atoms with Crippen LogP contribution in [-0.4, -0.2) is 12.6 Å². The van der Waals surface area contributed by atoms with Crippen molar-refractivity contribution in [3.05, 3.63) is 89.0 Å². The molecule has 3 aromatic rings. The molecule has 2 heterocycles. The number of rotatable bonds is 5. The highest BCUT2D eigenvalue weighted by Gasteiger charge is 2.33. The molecule has 0 amide bonds. The predicted octanol–water partition coefficient (Wildman–Crippen LogP) is 3.93. The highest BCUT2D eigenvalue weighted by molar-refractivity contribution is 5.74. The van der Waals surface area contributed by atoms with Crippen LogP contribution in [0.1, 0.15) is 23.0 Å². The maximum absolute atomic E-state index is 12.9. The van der Waals surface area contributed by atoms with Crippen LogP contribution < -0.4 is 19.9 Å². The van der Waals surface area contributed by atoms with Crippen molar-refractivity contribution in [2.24, 2.45) is 5.73 Å². The van der Waals surface area contributed by atoms with E-state index in [-0.39, 0.29) is 23.8 Å². The van der Waals surface area contributed by atoms with Crippen molar-refractivity contribution < 1.29 is 27.8 Å². The van der Waals surface area contributed by atoms with Gasteiger partial charge in [0.2, 0.25) is 5.88 Å². The number of halogens is 1. The molecular weight excluding hydrogens is 403 g/mol. The number of esters is 1. The molecule has 0 saturated heterocycles. The summed E-state index contributed by atoms with van der Waals surface area (Å²) in [5.74, 6) is 0.523. The van der Waals surface area contributed by atoms with Crippen molar-refractivity contribution in [3.8, 4) is 23.3 Å². The van der Waals surface area contributed by atoms with Crippen LogP contribution in [0.25, 0.3) is 0 Å². The number of benzene rings is 2. The Morgan fingerprint density at radius 3 is 2.58 bits per heavy atom. The Bertz CT molecular complexity index is 1210. The molecule has 1 aliphatic rings. The number of hydrogen-bond donors (Lipinski definition) is 1. The second kappa shape index (κ2) is 8.24. The molecule has 0 spiro atoms. The Kier molecular flexibility index (Phi) is 5.33. The van der Waals surface area contributed by atoms with Crippen LogP contribution in [0, 0.1) is 24.1 Å². The number of nitriles is 1. The van der Waals surface area contributed by atoms with Gasteiger partial charge in [0.15, 0.2) is 6.61 Å². The number of aryl methyl sites for hydroxylation is 1. The number of allylic oxidation sites excluding steroid dienone is 1. The first-order chi connectivity index (χ1) is 14.9. The number of furan rings is 1. The van der Waals surface area contributed by atoms with Crippen LogP contribution >= 0.6 is 0 Å². The molecule has 7 nitrogen and oxygen atoms in total. The molecule has 0 radical (unpaired) electrons. The molecule has 0 saturated carbocycles. The minimum atomic E-state index is -0.653. The van der Waals surface area contributed by atoms with Crippen LogP contribution in [0.3, 0.4) is 0 Å². The fourth-order valence-electron chi connectivity index (χ4n) is 3.23. The summed E-state index contributed by atoms with van der Waals surface area (Å²) in [5, 5.41) is 9.55. The van der Waals surface area contributed by atoms with Gasteiger partial charge in [-0.2, -0.15) is 5.26 Å². The van der Waals surface area contributed by atoms with E-state index >= 15 is 0 Å². The van der Waals surface area contributed by atoms with Crippen LogP contribution in [0.4, 0.5) is 4.39 Å². The molecular formula is C23H17FN2O5. The van der Waals surface area contributed by atoms with E-state index in [0.29, 0.717) is 28.6 Å². The first-order valence-corrected chi connectivity index (χ1v) is 9.31. The molecule has 1 unspecified atom stereocenters. The number of nitrogens with zero attached hydrogens (tertiary/aromatic N) is 1. The average Bonchev–Trinajstić information content (AvgIpc) is 3.18. The molecule has 8 heteroatoms. The monoisotopic (exact) mass is 420 g/mol. The molecule has 0 aliphatic carbocycles. The van der Waals surface area contributed by atoms with Gasteiger partial charge in [0.05, 0.1) is 5.92 Å². The fraction of sp³-hybridized carbons (Fsp3) is 0.130. The first-order valence-electron chi connectivity index (χ1n) is 9.31. The van der Waals surface area contributed by atoms with Crippen LogP contribution in [0.2, 0.25) is 0 Å². The molecule has 1 atom stereocenters.